The van der Waals surface area contributed by atoms with Gasteiger partial charge in [0.1, 0.15) is 0 Å². The number of hydrogen-bond acceptors (Lipinski definition) is 3. The Morgan fingerprint density at radius 3 is 2.13 bits per heavy atom. The molecule has 0 heterocycles. The van der Waals surface area contributed by atoms with E-state index in [1.807, 2.05) is 32.0 Å². The topological polar surface area (TPSA) is 75.3 Å². The van der Waals surface area contributed by atoms with Crippen molar-refractivity contribution in [3.05, 3.63) is 87.4 Å². The molecule has 8 heteroatoms. The van der Waals surface area contributed by atoms with Gasteiger partial charge in [0, 0.05) is 21.4 Å². The quantitative estimate of drug-likeness (QED) is 0.500. The summed E-state index contributed by atoms with van der Waals surface area (Å²) in [6.45, 7) is 3.94. The zero-order chi connectivity index (χ0) is 21.9. The molecule has 5 nitrogen and oxygen atoms in total. The number of hydrogen-bond donors (Lipinski definition) is 2. The summed E-state index contributed by atoms with van der Waals surface area (Å²) in [4.78, 5) is 12.3. The van der Waals surface area contributed by atoms with Gasteiger partial charge in [0.05, 0.1) is 11.3 Å². The Morgan fingerprint density at radius 1 is 0.900 bits per heavy atom. The summed E-state index contributed by atoms with van der Waals surface area (Å²) in [6.07, 6.45) is 0.171. The molecule has 3 aromatic rings. The number of aryl methyl sites for hydroxylation is 2. The average molecular weight is 463 g/mol. The van der Waals surface area contributed by atoms with Crippen LogP contribution in [-0.4, -0.2) is 14.3 Å². The molecule has 3 aromatic carbocycles. The van der Waals surface area contributed by atoms with E-state index in [0.29, 0.717) is 5.69 Å². The zero-order valence-corrected chi connectivity index (χ0v) is 18.7. The molecule has 156 valence electrons. The number of amides is 1. The molecule has 0 saturated carbocycles. The molecule has 0 aliphatic carbocycles. The normalized spacial score (nSPS) is 11.2. The van der Waals surface area contributed by atoms with Gasteiger partial charge in [-0.15, -0.1) is 0 Å². The number of rotatable bonds is 6. The molecule has 0 atom stereocenters. The van der Waals surface area contributed by atoms with Crippen molar-refractivity contribution in [2.75, 3.05) is 10.0 Å². The molecular formula is C22H20Cl2N2O3S. The van der Waals surface area contributed by atoms with Crippen LogP contribution in [0, 0.1) is 13.8 Å². The van der Waals surface area contributed by atoms with E-state index >= 15 is 0 Å². The van der Waals surface area contributed by atoms with Crippen molar-refractivity contribution in [1.82, 2.24) is 0 Å². The molecule has 0 radical (unpaired) electrons. The van der Waals surface area contributed by atoms with Crippen LogP contribution in [0.5, 0.6) is 0 Å². The summed E-state index contributed by atoms with van der Waals surface area (Å²) < 4.78 is 27.5. The predicted octanol–water partition coefficient (Wildman–Crippen LogP) is 5.59. The lowest BCUT2D eigenvalue weighted by atomic mass is 10.1. The number of anilines is 2. The van der Waals surface area contributed by atoms with Crippen LogP contribution in [-0.2, 0) is 21.2 Å². The largest absolute Gasteiger partial charge is 0.326 e. The van der Waals surface area contributed by atoms with Crippen LogP contribution in [0.25, 0.3) is 0 Å². The van der Waals surface area contributed by atoms with Crippen molar-refractivity contribution in [3.8, 4) is 0 Å². The molecular weight excluding hydrogens is 443 g/mol. The number of carbonyl (C=O) groups is 1. The number of nitrogens with one attached hydrogen (secondary N) is 2. The summed E-state index contributed by atoms with van der Waals surface area (Å²) in [5, 5.41) is 3.35. The maximum absolute atomic E-state index is 12.5. The van der Waals surface area contributed by atoms with Crippen LogP contribution in [0.2, 0.25) is 10.0 Å². The van der Waals surface area contributed by atoms with E-state index in [4.69, 9.17) is 23.2 Å². The van der Waals surface area contributed by atoms with Crippen molar-refractivity contribution < 1.29 is 13.2 Å². The Labute approximate surface area is 186 Å². The zero-order valence-electron chi connectivity index (χ0n) is 16.4. The summed E-state index contributed by atoms with van der Waals surface area (Å²) in [5.41, 5.74) is 4.02. The van der Waals surface area contributed by atoms with Crippen molar-refractivity contribution in [2.45, 2.75) is 25.2 Å². The van der Waals surface area contributed by atoms with Crippen LogP contribution in [0.4, 0.5) is 11.4 Å². The van der Waals surface area contributed by atoms with Crippen molar-refractivity contribution >= 4 is 50.5 Å². The predicted molar refractivity (Wildman–Crippen MR) is 122 cm³/mol. The van der Waals surface area contributed by atoms with Crippen LogP contribution >= 0.6 is 23.2 Å². The second-order valence-electron chi connectivity index (χ2n) is 6.95. The third-order valence-electron chi connectivity index (χ3n) is 4.37. The highest BCUT2D eigenvalue weighted by Gasteiger charge is 2.16. The lowest BCUT2D eigenvalue weighted by Crippen LogP contribution is -2.15. The Hall–Kier alpha value is -2.54. The van der Waals surface area contributed by atoms with Crippen LogP contribution in [0.3, 0.4) is 0 Å². The fourth-order valence-corrected chi connectivity index (χ4v) is 4.71. The SMILES string of the molecule is Cc1ccc(NC(=O)Cc2ccc(NS(=O)(=O)c3cc(Cl)cc(Cl)c3)cc2)c(C)c1. The van der Waals surface area contributed by atoms with Gasteiger partial charge in [-0.2, -0.15) is 0 Å². The highest BCUT2D eigenvalue weighted by molar-refractivity contribution is 7.92. The first-order valence-electron chi connectivity index (χ1n) is 9.07. The van der Waals surface area contributed by atoms with Gasteiger partial charge in [-0.25, -0.2) is 8.42 Å². The van der Waals surface area contributed by atoms with Gasteiger partial charge in [-0.05, 0) is 61.4 Å². The monoisotopic (exact) mass is 462 g/mol. The Kier molecular flexibility index (Phi) is 6.71. The van der Waals surface area contributed by atoms with Crippen molar-refractivity contribution in [1.29, 1.82) is 0 Å². The minimum absolute atomic E-state index is 0.0306. The fourth-order valence-electron chi connectivity index (χ4n) is 2.92. The standard InChI is InChI=1S/C22H20Cl2N2O3S/c1-14-3-8-21(15(2)9-14)25-22(27)10-16-4-6-19(7-5-16)26-30(28,29)20-12-17(23)11-18(24)13-20/h3-9,11-13,26H,10H2,1-2H3,(H,25,27). The van der Waals surface area contributed by atoms with Gasteiger partial charge in [-0.3, -0.25) is 9.52 Å². The molecule has 1 amide bonds. The smallest absolute Gasteiger partial charge is 0.261 e. The van der Waals surface area contributed by atoms with E-state index in [0.717, 1.165) is 22.4 Å². The second kappa shape index (κ2) is 9.08. The highest BCUT2D eigenvalue weighted by atomic mass is 35.5. The molecule has 0 spiro atoms. The highest BCUT2D eigenvalue weighted by Crippen LogP contribution is 2.24. The number of benzene rings is 3. The van der Waals surface area contributed by atoms with Crippen molar-refractivity contribution in [3.63, 3.8) is 0 Å². The van der Waals surface area contributed by atoms with E-state index in [9.17, 15) is 13.2 Å². The van der Waals surface area contributed by atoms with E-state index in [2.05, 4.69) is 10.0 Å². The van der Waals surface area contributed by atoms with Gasteiger partial charge in [0.2, 0.25) is 5.91 Å². The van der Waals surface area contributed by atoms with E-state index in [1.54, 1.807) is 24.3 Å². The molecule has 0 fully saturated rings. The Bertz CT molecular complexity index is 1170. The van der Waals surface area contributed by atoms with E-state index in [-0.39, 0.29) is 27.3 Å². The molecule has 0 bridgehead atoms. The van der Waals surface area contributed by atoms with Crippen molar-refractivity contribution in [2.24, 2.45) is 0 Å². The average Bonchev–Trinajstić information content (AvgIpc) is 2.65. The Morgan fingerprint density at radius 2 is 1.53 bits per heavy atom. The van der Waals surface area contributed by atoms with E-state index < -0.39 is 10.0 Å². The summed E-state index contributed by atoms with van der Waals surface area (Å²) in [5.74, 6) is -0.149. The summed E-state index contributed by atoms with van der Waals surface area (Å²) in [7, 11) is -3.84. The van der Waals surface area contributed by atoms with Gasteiger partial charge in [0.15, 0.2) is 0 Å². The maximum atomic E-state index is 12.5. The lowest BCUT2D eigenvalue weighted by molar-refractivity contribution is -0.115. The molecule has 0 unspecified atom stereocenters. The lowest BCUT2D eigenvalue weighted by Gasteiger charge is -2.11. The fraction of sp³-hybridized carbons (Fsp3) is 0.136. The molecule has 30 heavy (non-hydrogen) atoms. The molecule has 0 aromatic heterocycles. The van der Waals surface area contributed by atoms with Crippen LogP contribution in [0.15, 0.2) is 65.6 Å². The third-order valence-corrected chi connectivity index (χ3v) is 6.17. The van der Waals surface area contributed by atoms with E-state index in [1.165, 1.54) is 18.2 Å². The maximum Gasteiger partial charge on any atom is 0.261 e. The number of carbonyl (C=O) groups excluding carboxylic acids is 1. The molecule has 0 saturated heterocycles. The van der Waals surface area contributed by atoms with Crippen LogP contribution < -0.4 is 10.0 Å². The minimum atomic E-state index is -3.84. The number of halogens is 2. The molecule has 0 aliphatic heterocycles. The Balaban J connectivity index is 1.66. The first-order valence-corrected chi connectivity index (χ1v) is 11.3. The minimum Gasteiger partial charge on any atom is -0.326 e. The van der Waals surface area contributed by atoms with Crippen LogP contribution in [0.1, 0.15) is 16.7 Å². The van der Waals surface area contributed by atoms with Gasteiger partial charge < -0.3 is 5.32 Å². The summed E-state index contributed by atoms with van der Waals surface area (Å²) in [6, 6.07) is 16.5. The molecule has 3 rings (SSSR count). The molecule has 2 N–H and O–H groups in total. The number of sulfonamides is 1. The summed E-state index contributed by atoms with van der Waals surface area (Å²) >= 11 is 11.8. The molecule has 0 aliphatic rings. The van der Waals surface area contributed by atoms with Gasteiger partial charge >= 0.3 is 0 Å². The first kappa shape index (κ1) is 22.2. The van der Waals surface area contributed by atoms with Gasteiger partial charge in [-0.1, -0.05) is 53.0 Å². The van der Waals surface area contributed by atoms with Gasteiger partial charge in [0.25, 0.3) is 10.0 Å². The second-order valence-corrected chi connectivity index (χ2v) is 9.51. The third kappa shape index (κ3) is 5.75. The first-order chi connectivity index (χ1) is 14.1.